The molecule has 0 bridgehead atoms. The van der Waals surface area contributed by atoms with Gasteiger partial charge in [0.1, 0.15) is 5.75 Å². The lowest BCUT2D eigenvalue weighted by molar-refractivity contribution is 0.408. The highest BCUT2D eigenvalue weighted by Gasteiger charge is 2.45. The van der Waals surface area contributed by atoms with Gasteiger partial charge in [0.05, 0.1) is 28.8 Å². The fourth-order valence-electron chi connectivity index (χ4n) is 3.83. The Labute approximate surface area is 179 Å². The van der Waals surface area contributed by atoms with Crippen molar-refractivity contribution >= 4 is 19.7 Å². The Kier molecular flexibility index (Phi) is 6.89. The van der Waals surface area contributed by atoms with Gasteiger partial charge in [-0.1, -0.05) is 44.2 Å². The van der Waals surface area contributed by atoms with E-state index in [2.05, 4.69) is 5.32 Å². The van der Waals surface area contributed by atoms with Crippen LogP contribution in [0.3, 0.4) is 0 Å². The van der Waals surface area contributed by atoms with Crippen molar-refractivity contribution in [1.29, 1.82) is 0 Å². The zero-order chi connectivity index (χ0) is 21.9. The highest BCUT2D eigenvalue weighted by molar-refractivity contribution is 7.96. The minimum Gasteiger partial charge on any atom is -0.496 e. The standard InChI is InChI=1S/C22H29NO5S2/c1-16(2)17-8-10-19(11-9-17)30(26,27)22-15-29(24,25)14-20(22)23-13-12-18-6-4-5-7-21(18)28-3/h4-11,16,20,22-23H,12-15H2,1-3H3/t20-,22-/m0/s1. The predicted molar refractivity (Wildman–Crippen MR) is 119 cm³/mol. The number of hydrogen-bond donors (Lipinski definition) is 1. The van der Waals surface area contributed by atoms with Gasteiger partial charge in [0.2, 0.25) is 0 Å². The molecule has 0 spiro atoms. The topological polar surface area (TPSA) is 89.5 Å². The Morgan fingerprint density at radius 1 is 1.07 bits per heavy atom. The molecule has 1 aliphatic rings. The second-order valence-corrected chi connectivity index (χ2v) is 12.3. The molecule has 0 aromatic heterocycles. The molecule has 3 rings (SSSR count). The number of sulfone groups is 2. The van der Waals surface area contributed by atoms with Crippen LogP contribution in [0.2, 0.25) is 0 Å². The summed E-state index contributed by atoms with van der Waals surface area (Å²) in [4.78, 5) is 0.172. The lowest BCUT2D eigenvalue weighted by atomic mass is 10.0. The summed E-state index contributed by atoms with van der Waals surface area (Å²) >= 11 is 0. The summed E-state index contributed by atoms with van der Waals surface area (Å²) in [5, 5.41) is 2.18. The summed E-state index contributed by atoms with van der Waals surface area (Å²) in [6.45, 7) is 4.53. The molecule has 6 nitrogen and oxygen atoms in total. The van der Waals surface area contributed by atoms with E-state index < -0.39 is 31.0 Å². The van der Waals surface area contributed by atoms with Gasteiger partial charge in [-0.15, -0.1) is 0 Å². The molecule has 1 N–H and O–H groups in total. The average molecular weight is 452 g/mol. The van der Waals surface area contributed by atoms with Gasteiger partial charge in [0, 0.05) is 6.04 Å². The average Bonchev–Trinajstić information content (AvgIpc) is 3.03. The maximum atomic E-state index is 13.2. The third kappa shape index (κ3) is 5.04. The van der Waals surface area contributed by atoms with Crippen LogP contribution in [0, 0.1) is 0 Å². The zero-order valence-electron chi connectivity index (χ0n) is 17.5. The molecule has 0 saturated carbocycles. The number of rotatable bonds is 8. The van der Waals surface area contributed by atoms with E-state index in [4.69, 9.17) is 4.74 Å². The van der Waals surface area contributed by atoms with Crippen LogP contribution in [0.25, 0.3) is 0 Å². The molecule has 164 valence electrons. The first-order valence-corrected chi connectivity index (χ1v) is 13.4. The summed E-state index contributed by atoms with van der Waals surface area (Å²) in [5.74, 6) is 0.520. The monoisotopic (exact) mass is 451 g/mol. The lowest BCUT2D eigenvalue weighted by Gasteiger charge is -2.20. The maximum Gasteiger partial charge on any atom is 0.183 e. The van der Waals surface area contributed by atoms with E-state index in [9.17, 15) is 16.8 Å². The summed E-state index contributed by atoms with van der Waals surface area (Å²) in [7, 11) is -5.61. The van der Waals surface area contributed by atoms with Crippen molar-refractivity contribution in [2.24, 2.45) is 0 Å². The van der Waals surface area contributed by atoms with Gasteiger partial charge in [-0.05, 0) is 48.2 Å². The van der Waals surface area contributed by atoms with Crippen molar-refractivity contribution in [3.63, 3.8) is 0 Å². The van der Waals surface area contributed by atoms with Gasteiger partial charge in [-0.2, -0.15) is 0 Å². The van der Waals surface area contributed by atoms with Crippen molar-refractivity contribution in [3.05, 3.63) is 59.7 Å². The number of hydrogen-bond acceptors (Lipinski definition) is 6. The summed E-state index contributed by atoms with van der Waals surface area (Å²) in [6, 6.07) is 13.7. The molecule has 2 atom stereocenters. The number of benzene rings is 2. The van der Waals surface area contributed by atoms with E-state index in [1.807, 2.05) is 38.1 Å². The molecule has 30 heavy (non-hydrogen) atoms. The largest absolute Gasteiger partial charge is 0.496 e. The molecule has 0 amide bonds. The summed E-state index contributed by atoms with van der Waals surface area (Å²) in [6.07, 6.45) is 0.608. The van der Waals surface area contributed by atoms with E-state index >= 15 is 0 Å². The Bertz CT molecular complexity index is 1080. The fourth-order valence-corrected chi connectivity index (χ4v) is 8.55. The number of nitrogens with one attached hydrogen (secondary N) is 1. The van der Waals surface area contributed by atoms with E-state index in [1.165, 1.54) is 0 Å². The van der Waals surface area contributed by atoms with Crippen LogP contribution in [0.15, 0.2) is 53.4 Å². The number of methoxy groups -OCH3 is 1. The Morgan fingerprint density at radius 3 is 2.37 bits per heavy atom. The molecule has 0 unspecified atom stereocenters. The minimum atomic E-state index is -3.78. The summed E-state index contributed by atoms with van der Waals surface area (Å²) < 4.78 is 56.4. The van der Waals surface area contributed by atoms with Crippen LogP contribution in [-0.4, -0.2) is 53.3 Å². The third-order valence-electron chi connectivity index (χ3n) is 5.57. The van der Waals surface area contributed by atoms with Crippen LogP contribution < -0.4 is 10.1 Å². The first-order chi connectivity index (χ1) is 14.1. The van der Waals surface area contributed by atoms with Crippen LogP contribution in [0.5, 0.6) is 5.75 Å². The highest BCUT2D eigenvalue weighted by Crippen LogP contribution is 2.27. The van der Waals surface area contributed by atoms with Crippen LogP contribution in [-0.2, 0) is 26.1 Å². The van der Waals surface area contributed by atoms with Gasteiger partial charge in [0.25, 0.3) is 0 Å². The predicted octanol–water partition coefficient (Wildman–Crippen LogP) is 2.59. The first-order valence-electron chi connectivity index (χ1n) is 10.0. The molecule has 8 heteroatoms. The minimum absolute atomic E-state index is 0.172. The van der Waals surface area contributed by atoms with Crippen molar-refractivity contribution in [3.8, 4) is 5.75 Å². The Morgan fingerprint density at radius 2 is 1.73 bits per heavy atom. The van der Waals surface area contributed by atoms with Crippen LogP contribution in [0.4, 0.5) is 0 Å². The maximum absolute atomic E-state index is 13.2. The van der Waals surface area contributed by atoms with Crippen molar-refractivity contribution in [1.82, 2.24) is 5.32 Å². The second kappa shape index (κ2) is 9.08. The first kappa shape index (κ1) is 22.8. The van der Waals surface area contributed by atoms with E-state index in [1.54, 1.807) is 31.4 Å². The van der Waals surface area contributed by atoms with Gasteiger partial charge in [-0.25, -0.2) is 16.8 Å². The molecule has 2 aromatic rings. The van der Waals surface area contributed by atoms with Crippen molar-refractivity contribution < 1.29 is 21.6 Å². The normalized spacial score (nSPS) is 21.1. The van der Waals surface area contributed by atoms with E-state index in [0.717, 1.165) is 16.9 Å². The molecular weight excluding hydrogens is 422 g/mol. The van der Waals surface area contributed by atoms with Crippen molar-refractivity contribution in [2.75, 3.05) is 25.2 Å². The van der Waals surface area contributed by atoms with Gasteiger partial charge in [-0.3, -0.25) is 0 Å². The van der Waals surface area contributed by atoms with Gasteiger partial charge < -0.3 is 10.1 Å². The van der Waals surface area contributed by atoms with Crippen LogP contribution >= 0.6 is 0 Å². The summed E-state index contributed by atoms with van der Waals surface area (Å²) in [5.41, 5.74) is 2.02. The Balaban J connectivity index is 1.76. The zero-order valence-corrected chi connectivity index (χ0v) is 19.2. The number of para-hydroxylation sites is 1. The SMILES string of the molecule is COc1ccccc1CCN[C@H]1CS(=O)(=O)C[C@@H]1S(=O)(=O)c1ccc(C(C)C)cc1. The molecule has 1 heterocycles. The smallest absolute Gasteiger partial charge is 0.183 e. The van der Waals surface area contributed by atoms with Crippen LogP contribution in [0.1, 0.15) is 30.9 Å². The van der Waals surface area contributed by atoms with E-state index in [0.29, 0.717) is 13.0 Å². The molecule has 1 fully saturated rings. The lowest BCUT2D eigenvalue weighted by Crippen LogP contribution is -2.44. The third-order valence-corrected chi connectivity index (χ3v) is 9.73. The van der Waals surface area contributed by atoms with Gasteiger partial charge in [0.15, 0.2) is 19.7 Å². The molecule has 1 aliphatic heterocycles. The van der Waals surface area contributed by atoms with Crippen molar-refractivity contribution in [2.45, 2.75) is 42.4 Å². The Hall–Kier alpha value is -1.90. The van der Waals surface area contributed by atoms with Gasteiger partial charge >= 0.3 is 0 Å². The van der Waals surface area contributed by atoms with E-state index in [-0.39, 0.29) is 22.3 Å². The molecule has 1 saturated heterocycles. The molecule has 0 radical (unpaired) electrons. The quantitative estimate of drug-likeness (QED) is 0.664. The molecule has 0 aliphatic carbocycles. The second-order valence-electron chi connectivity index (χ2n) is 8.01. The highest BCUT2D eigenvalue weighted by atomic mass is 32.2. The fraction of sp³-hybridized carbons (Fsp3) is 0.455. The molecule has 2 aromatic carbocycles. The number of ether oxygens (including phenoxy) is 1. The molecular formula is C22H29NO5S2.